The Morgan fingerprint density at radius 3 is 2.44 bits per heavy atom. The third-order valence-corrected chi connectivity index (χ3v) is 5.58. The molecule has 2 saturated heterocycles. The van der Waals surface area contributed by atoms with Gasteiger partial charge < -0.3 is 9.80 Å². The van der Waals surface area contributed by atoms with Crippen molar-refractivity contribution in [2.24, 2.45) is 17.8 Å². The molecule has 136 valence electrons. The van der Waals surface area contributed by atoms with E-state index in [-0.39, 0.29) is 23.5 Å². The van der Waals surface area contributed by atoms with E-state index in [4.69, 9.17) is 0 Å². The minimum absolute atomic E-state index is 0.0299. The number of carbonyl (C=O) groups excluding carboxylic acids is 2. The van der Waals surface area contributed by atoms with Crippen molar-refractivity contribution in [3.8, 4) is 0 Å². The Balaban J connectivity index is 1.91. The van der Waals surface area contributed by atoms with E-state index >= 15 is 0 Å². The molecule has 2 amide bonds. The second-order valence-electron chi connectivity index (χ2n) is 7.81. The summed E-state index contributed by atoms with van der Waals surface area (Å²) in [6.07, 6.45) is 1.96. The average Bonchev–Trinajstić information content (AvgIpc) is 2.56. The van der Waals surface area contributed by atoms with Gasteiger partial charge in [0.15, 0.2) is 0 Å². The van der Waals surface area contributed by atoms with Crippen LogP contribution in [0.1, 0.15) is 44.7 Å². The van der Waals surface area contributed by atoms with E-state index in [1.54, 1.807) is 30.1 Å². The number of likely N-dealkylation sites (tertiary alicyclic amines) is 2. The fourth-order valence-electron chi connectivity index (χ4n) is 4.51. The standard InChI is InChI=1S/C20H27FN2O2/c1-13-10-14(2)12-23(11-13)20(25)16-8-9-18(24)22(3)19(16)15-6-4-5-7-17(15)21/h4-7,13-14,16,19H,8-12H2,1-3H3/t13-,14+,16-,19-/m1/s1. The smallest absolute Gasteiger partial charge is 0.228 e. The summed E-state index contributed by atoms with van der Waals surface area (Å²) in [7, 11) is 1.68. The fraction of sp³-hybridized carbons (Fsp3) is 0.600. The molecule has 2 aliphatic heterocycles. The zero-order valence-electron chi connectivity index (χ0n) is 15.2. The maximum atomic E-state index is 14.4. The van der Waals surface area contributed by atoms with Crippen LogP contribution in [0.4, 0.5) is 4.39 Å². The first-order valence-corrected chi connectivity index (χ1v) is 9.17. The number of piperidine rings is 2. The second kappa shape index (κ2) is 7.14. The number of carbonyl (C=O) groups is 2. The molecule has 0 aliphatic carbocycles. The Bertz CT molecular complexity index is 653. The van der Waals surface area contributed by atoms with E-state index in [9.17, 15) is 14.0 Å². The molecule has 1 aromatic rings. The van der Waals surface area contributed by atoms with Crippen LogP contribution in [-0.2, 0) is 9.59 Å². The minimum atomic E-state index is -0.525. The third kappa shape index (κ3) is 3.55. The van der Waals surface area contributed by atoms with Crippen LogP contribution >= 0.6 is 0 Å². The molecule has 0 radical (unpaired) electrons. The summed E-state index contributed by atoms with van der Waals surface area (Å²) < 4.78 is 14.4. The molecule has 0 saturated carbocycles. The van der Waals surface area contributed by atoms with Gasteiger partial charge in [0, 0.05) is 32.1 Å². The van der Waals surface area contributed by atoms with Crippen molar-refractivity contribution >= 4 is 11.8 Å². The van der Waals surface area contributed by atoms with Gasteiger partial charge in [0.1, 0.15) is 5.82 Å². The predicted octanol–water partition coefficient (Wildman–Crippen LogP) is 3.24. The zero-order valence-corrected chi connectivity index (χ0v) is 15.2. The quantitative estimate of drug-likeness (QED) is 0.825. The average molecular weight is 346 g/mol. The molecule has 25 heavy (non-hydrogen) atoms. The SMILES string of the molecule is C[C@@H]1C[C@H](C)CN(C(=O)[C@@H]2CCC(=O)N(C)[C@@H]2c2ccccc2F)C1. The van der Waals surface area contributed by atoms with Gasteiger partial charge in [-0.25, -0.2) is 4.39 Å². The van der Waals surface area contributed by atoms with Crippen molar-refractivity contribution in [1.29, 1.82) is 0 Å². The first-order chi connectivity index (χ1) is 11.9. The van der Waals surface area contributed by atoms with Gasteiger partial charge in [-0.2, -0.15) is 0 Å². The monoisotopic (exact) mass is 346 g/mol. The topological polar surface area (TPSA) is 40.6 Å². The van der Waals surface area contributed by atoms with E-state index in [1.165, 1.54) is 6.07 Å². The van der Waals surface area contributed by atoms with Gasteiger partial charge in [0.05, 0.1) is 12.0 Å². The van der Waals surface area contributed by atoms with Crippen LogP contribution in [0, 0.1) is 23.6 Å². The Morgan fingerprint density at radius 2 is 1.80 bits per heavy atom. The van der Waals surface area contributed by atoms with Crippen molar-refractivity contribution in [3.63, 3.8) is 0 Å². The van der Waals surface area contributed by atoms with Crippen LogP contribution in [0.2, 0.25) is 0 Å². The minimum Gasteiger partial charge on any atom is -0.342 e. The van der Waals surface area contributed by atoms with Crippen molar-refractivity contribution in [2.45, 2.75) is 39.2 Å². The van der Waals surface area contributed by atoms with Crippen molar-refractivity contribution in [3.05, 3.63) is 35.6 Å². The maximum absolute atomic E-state index is 14.4. The van der Waals surface area contributed by atoms with Gasteiger partial charge in [-0.3, -0.25) is 9.59 Å². The van der Waals surface area contributed by atoms with Crippen molar-refractivity contribution in [1.82, 2.24) is 9.80 Å². The van der Waals surface area contributed by atoms with Crippen molar-refractivity contribution < 1.29 is 14.0 Å². The molecule has 2 aliphatic rings. The summed E-state index contributed by atoms with van der Waals surface area (Å²) in [4.78, 5) is 29.0. The summed E-state index contributed by atoms with van der Waals surface area (Å²) in [6.45, 7) is 5.84. The number of amides is 2. The van der Waals surface area contributed by atoms with Gasteiger partial charge in [0.2, 0.25) is 11.8 Å². The van der Waals surface area contributed by atoms with Crippen LogP contribution in [0.5, 0.6) is 0 Å². The molecule has 4 nitrogen and oxygen atoms in total. The van der Waals surface area contributed by atoms with Gasteiger partial charge in [-0.15, -0.1) is 0 Å². The molecule has 2 heterocycles. The summed E-state index contributed by atoms with van der Waals surface area (Å²) in [5.74, 6) is 0.248. The van der Waals surface area contributed by atoms with E-state index in [0.29, 0.717) is 30.2 Å². The summed E-state index contributed by atoms with van der Waals surface area (Å²) in [6, 6.07) is 5.96. The van der Waals surface area contributed by atoms with E-state index < -0.39 is 6.04 Å². The summed E-state index contributed by atoms with van der Waals surface area (Å²) in [5, 5.41) is 0. The first kappa shape index (κ1) is 17.9. The number of nitrogens with zero attached hydrogens (tertiary/aromatic N) is 2. The van der Waals surface area contributed by atoms with Crippen LogP contribution < -0.4 is 0 Å². The van der Waals surface area contributed by atoms with E-state index in [1.807, 2.05) is 4.90 Å². The number of halogens is 1. The highest BCUT2D eigenvalue weighted by Crippen LogP contribution is 2.38. The highest BCUT2D eigenvalue weighted by molar-refractivity contribution is 5.85. The largest absolute Gasteiger partial charge is 0.342 e. The Kier molecular flexibility index (Phi) is 5.11. The highest BCUT2D eigenvalue weighted by Gasteiger charge is 2.42. The lowest BCUT2D eigenvalue weighted by Gasteiger charge is -2.43. The fourth-order valence-corrected chi connectivity index (χ4v) is 4.51. The molecule has 5 heteroatoms. The molecule has 0 spiro atoms. The first-order valence-electron chi connectivity index (χ1n) is 9.17. The van der Waals surface area contributed by atoms with Crippen LogP contribution in [0.15, 0.2) is 24.3 Å². The molecule has 3 rings (SSSR count). The lowest BCUT2D eigenvalue weighted by Crippen LogP contribution is -2.51. The molecule has 0 unspecified atom stereocenters. The number of hydrogen-bond donors (Lipinski definition) is 0. The van der Waals surface area contributed by atoms with Gasteiger partial charge in [-0.1, -0.05) is 32.0 Å². The molecule has 0 bridgehead atoms. The summed E-state index contributed by atoms with van der Waals surface area (Å²) in [5.41, 5.74) is 0.439. The maximum Gasteiger partial charge on any atom is 0.228 e. The van der Waals surface area contributed by atoms with Crippen LogP contribution in [0.25, 0.3) is 0 Å². The van der Waals surface area contributed by atoms with Gasteiger partial charge in [0.25, 0.3) is 0 Å². The Labute approximate surface area is 149 Å². The van der Waals surface area contributed by atoms with Crippen LogP contribution in [0.3, 0.4) is 0 Å². The summed E-state index contributed by atoms with van der Waals surface area (Å²) >= 11 is 0. The number of hydrogen-bond acceptors (Lipinski definition) is 2. The normalized spacial score (nSPS) is 30.5. The molecule has 0 N–H and O–H groups in total. The number of rotatable bonds is 2. The number of benzene rings is 1. The Morgan fingerprint density at radius 1 is 1.16 bits per heavy atom. The highest BCUT2D eigenvalue weighted by atomic mass is 19.1. The lowest BCUT2D eigenvalue weighted by atomic mass is 9.82. The van der Waals surface area contributed by atoms with Crippen molar-refractivity contribution in [2.75, 3.05) is 20.1 Å². The molecule has 0 aromatic heterocycles. The third-order valence-electron chi connectivity index (χ3n) is 5.58. The Hall–Kier alpha value is -1.91. The zero-order chi connectivity index (χ0) is 18.1. The predicted molar refractivity (Wildman–Crippen MR) is 94.2 cm³/mol. The lowest BCUT2D eigenvalue weighted by molar-refractivity contribution is -0.148. The molecule has 1 aromatic carbocycles. The second-order valence-corrected chi connectivity index (χ2v) is 7.81. The molecular formula is C20H27FN2O2. The molecule has 2 fully saturated rings. The van der Waals surface area contributed by atoms with Crippen LogP contribution in [-0.4, -0.2) is 41.8 Å². The van der Waals surface area contributed by atoms with E-state index in [0.717, 1.165) is 19.5 Å². The van der Waals surface area contributed by atoms with Gasteiger partial charge >= 0.3 is 0 Å². The van der Waals surface area contributed by atoms with E-state index in [2.05, 4.69) is 13.8 Å². The molecular weight excluding hydrogens is 319 g/mol. The van der Waals surface area contributed by atoms with Gasteiger partial charge in [-0.05, 0) is 30.7 Å². The molecule has 4 atom stereocenters.